The minimum absolute atomic E-state index is 0.0901. The smallest absolute Gasteiger partial charge is 0.353 e. The van der Waals surface area contributed by atoms with Crippen LogP contribution < -0.4 is 15.6 Å². The number of nitrogens with two attached hydrogens (primary N) is 1. The summed E-state index contributed by atoms with van der Waals surface area (Å²) >= 11 is 2.32. The molecule has 2 aliphatic heterocycles. The summed E-state index contributed by atoms with van der Waals surface area (Å²) in [6, 6.07) is 1.79. The number of nitrogen functional groups attached to an aromatic ring is 1. The number of oxime groups is 1. The van der Waals surface area contributed by atoms with E-state index in [-0.39, 0.29) is 28.8 Å². The van der Waals surface area contributed by atoms with Gasteiger partial charge in [0.15, 0.2) is 23.2 Å². The molecule has 0 unspecified atom stereocenters. The zero-order valence-electron chi connectivity index (χ0n) is 20.2. The van der Waals surface area contributed by atoms with Gasteiger partial charge in [-0.15, -0.1) is 23.1 Å². The quantitative estimate of drug-likeness (QED) is 0.125. The van der Waals surface area contributed by atoms with Crippen molar-refractivity contribution >= 4 is 57.7 Å². The van der Waals surface area contributed by atoms with Crippen LogP contribution in [0, 0.1) is 0 Å². The number of fused-ring (bicyclic) bond motifs is 1. The van der Waals surface area contributed by atoms with Crippen LogP contribution in [0.5, 0.6) is 0 Å². The summed E-state index contributed by atoms with van der Waals surface area (Å²) in [5.41, 5.74) is 5.82. The van der Waals surface area contributed by atoms with Gasteiger partial charge in [-0.05, 0) is 18.2 Å². The second kappa shape index (κ2) is 11.4. The normalized spacial score (nSPS) is 19.2. The molecule has 1 fully saturated rings. The topological polar surface area (TPSA) is 177 Å². The summed E-state index contributed by atoms with van der Waals surface area (Å²) in [6.45, 7) is -0.0901. The van der Waals surface area contributed by atoms with Gasteiger partial charge in [0.1, 0.15) is 43.8 Å². The Morgan fingerprint density at radius 3 is 2.87 bits per heavy atom. The van der Waals surface area contributed by atoms with Crippen LogP contribution in [0.3, 0.4) is 0 Å². The molecule has 4 rings (SSSR count). The number of allylic oxidation sites excluding steroid dienone is 1. The van der Waals surface area contributed by atoms with Crippen LogP contribution in [-0.4, -0.2) is 76.0 Å². The predicted octanol–water partition coefficient (Wildman–Crippen LogP) is 0.0521. The number of aliphatic carboxylic acids is 1. The van der Waals surface area contributed by atoms with E-state index in [0.717, 1.165) is 16.2 Å². The number of anilines is 1. The van der Waals surface area contributed by atoms with Gasteiger partial charge in [-0.1, -0.05) is 5.16 Å². The molecule has 198 valence electrons. The molecule has 1 saturated heterocycles. The molecule has 0 bridgehead atoms. The molecule has 15 heteroatoms. The predicted molar refractivity (Wildman–Crippen MR) is 137 cm³/mol. The number of amides is 2. The maximum absolute atomic E-state index is 12.9. The van der Waals surface area contributed by atoms with Crippen molar-refractivity contribution in [1.82, 2.24) is 15.2 Å². The number of β-lactam (4-membered cyclic amide) rings is 1. The molecule has 4 N–H and O–H groups in total. The fraction of sp³-hybridized carbons (Fsp3) is 0.261. The van der Waals surface area contributed by atoms with Crippen LogP contribution in [0.1, 0.15) is 16.1 Å². The van der Waals surface area contributed by atoms with Gasteiger partial charge in [-0.2, -0.15) is 0 Å². The average molecular weight is 560 g/mol. The van der Waals surface area contributed by atoms with E-state index in [2.05, 4.69) is 15.5 Å². The number of rotatable bonds is 9. The Balaban J connectivity index is 1.42. The SMILES string of the molecule is CON=C(C(=O)N[C@@H]1C(=O)N2C(C(=O)O)=C(C=CCOC(=O)c3ccc[n+](C)c3)SC[C@H]12)c1csc(N)n1. The molecule has 2 aromatic rings. The van der Waals surface area contributed by atoms with Crippen molar-refractivity contribution < 1.29 is 38.4 Å². The Morgan fingerprint density at radius 2 is 2.21 bits per heavy atom. The molecular weight excluding hydrogens is 536 g/mol. The molecule has 0 aliphatic carbocycles. The monoisotopic (exact) mass is 559 g/mol. The summed E-state index contributed by atoms with van der Waals surface area (Å²) in [5.74, 6) is -2.78. The Bertz CT molecular complexity index is 1390. The van der Waals surface area contributed by atoms with Gasteiger partial charge in [-0.3, -0.25) is 14.5 Å². The van der Waals surface area contributed by atoms with Gasteiger partial charge in [0, 0.05) is 22.1 Å². The number of thioether (sulfide) groups is 1. The number of ether oxygens (including phenoxy) is 1. The molecule has 0 spiro atoms. The number of nitrogens with zero attached hydrogens (tertiary/aromatic N) is 4. The van der Waals surface area contributed by atoms with Crippen LogP contribution in [0.4, 0.5) is 5.13 Å². The third kappa shape index (κ3) is 5.52. The number of aryl methyl sites for hydroxylation is 1. The molecule has 0 saturated carbocycles. The highest BCUT2D eigenvalue weighted by Crippen LogP contribution is 2.39. The van der Waals surface area contributed by atoms with Crippen molar-refractivity contribution in [1.29, 1.82) is 0 Å². The summed E-state index contributed by atoms with van der Waals surface area (Å²) in [6.07, 6.45) is 6.40. The Kier molecular flexibility index (Phi) is 8.07. The van der Waals surface area contributed by atoms with Crippen molar-refractivity contribution in [3.05, 3.63) is 63.9 Å². The molecule has 0 aromatic carbocycles. The van der Waals surface area contributed by atoms with Gasteiger partial charge < -0.3 is 25.7 Å². The fourth-order valence-corrected chi connectivity index (χ4v) is 5.57. The van der Waals surface area contributed by atoms with Crippen molar-refractivity contribution in [3.63, 3.8) is 0 Å². The number of carboxylic acid groups (broad SMARTS) is 1. The lowest BCUT2D eigenvalue weighted by atomic mass is 9.94. The first-order chi connectivity index (χ1) is 18.2. The van der Waals surface area contributed by atoms with E-state index in [0.29, 0.717) is 16.2 Å². The van der Waals surface area contributed by atoms with E-state index in [1.54, 1.807) is 36.1 Å². The first-order valence-electron chi connectivity index (χ1n) is 11.1. The molecule has 2 aliphatic rings. The van der Waals surface area contributed by atoms with Crippen LogP contribution in [-0.2, 0) is 31.0 Å². The third-order valence-corrected chi connectivity index (χ3v) is 7.33. The van der Waals surface area contributed by atoms with Crippen molar-refractivity contribution in [3.8, 4) is 0 Å². The van der Waals surface area contributed by atoms with E-state index in [9.17, 15) is 24.3 Å². The minimum Gasteiger partial charge on any atom is -0.477 e. The first kappa shape index (κ1) is 26.8. The summed E-state index contributed by atoms with van der Waals surface area (Å²) in [7, 11) is 3.04. The second-order valence-electron chi connectivity index (χ2n) is 8.01. The first-order valence-corrected chi connectivity index (χ1v) is 12.9. The number of thiazole rings is 1. The van der Waals surface area contributed by atoms with Crippen molar-refractivity contribution in [2.45, 2.75) is 12.1 Å². The maximum Gasteiger partial charge on any atom is 0.353 e. The van der Waals surface area contributed by atoms with Gasteiger partial charge in [0.25, 0.3) is 11.8 Å². The van der Waals surface area contributed by atoms with Gasteiger partial charge in [0.2, 0.25) is 0 Å². The molecule has 2 amide bonds. The third-order valence-electron chi connectivity index (χ3n) is 5.51. The van der Waals surface area contributed by atoms with Crippen molar-refractivity contribution in [2.75, 3.05) is 25.2 Å². The lowest BCUT2D eigenvalue weighted by molar-refractivity contribution is -0.671. The number of esters is 1. The van der Waals surface area contributed by atoms with Gasteiger partial charge in [0.05, 0.1) is 6.04 Å². The average Bonchev–Trinajstić information content (AvgIpc) is 3.32. The van der Waals surface area contributed by atoms with Crippen LogP contribution in [0.2, 0.25) is 0 Å². The maximum atomic E-state index is 12.9. The van der Waals surface area contributed by atoms with Gasteiger partial charge >= 0.3 is 11.9 Å². The Labute approximate surface area is 224 Å². The molecule has 38 heavy (non-hydrogen) atoms. The summed E-state index contributed by atoms with van der Waals surface area (Å²) < 4.78 is 6.93. The number of carbonyl (C=O) groups excluding carboxylic acids is 3. The zero-order valence-corrected chi connectivity index (χ0v) is 21.8. The number of hydrogen-bond acceptors (Lipinski definition) is 11. The number of hydrogen-bond donors (Lipinski definition) is 3. The van der Waals surface area contributed by atoms with E-state index in [4.69, 9.17) is 15.3 Å². The standard InChI is InChI=1S/C23H22N6O7S2/c1-28-7-3-5-12(9-28)22(34)36-8-4-6-15-18(21(32)33)29-14(11-37-15)17(20(29)31)26-19(30)16(27-35-2)13-10-38-23(24)25-13/h3-7,9-10,14,17H,8,11H2,1-2H3,(H3-,24,25,26,30,32,33)/p+1/t14-,17+/m1/s1. The highest BCUT2D eigenvalue weighted by Gasteiger charge is 2.54. The highest BCUT2D eigenvalue weighted by atomic mass is 32.2. The Hall–Kier alpha value is -4.24. The fourth-order valence-electron chi connectivity index (χ4n) is 3.82. The summed E-state index contributed by atoms with van der Waals surface area (Å²) in [5, 5.41) is 17.9. The molecule has 4 heterocycles. The van der Waals surface area contributed by atoms with Gasteiger partial charge in [-0.25, -0.2) is 19.1 Å². The van der Waals surface area contributed by atoms with Crippen LogP contribution in [0.15, 0.2) is 57.8 Å². The molecular formula is C23H23N6O7S2+. The number of aromatic nitrogens is 2. The molecule has 0 radical (unpaired) electrons. The lowest BCUT2D eigenvalue weighted by Crippen LogP contribution is -2.73. The van der Waals surface area contributed by atoms with E-state index >= 15 is 0 Å². The summed E-state index contributed by atoms with van der Waals surface area (Å²) in [4.78, 5) is 60.2. The number of pyridine rings is 1. The van der Waals surface area contributed by atoms with E-state index < -0.39 is 35.8 Å². The number of nitrogens with one attached hydrogen (secondary N) is 1. The second-order valence-corrected chi connectivity index (χ2v) is 9.96. The minimum atomic E-state index is -1.30. The molecule has 2 aromatic heterocycles. The van der Waals surface area contributed by atoms with Crippen LogP contribution in [0.25, 0.3) is 0 Å². The van der Waals surface area contributed by atoms with Crippen molar-refractivity contribution in [2.24, 2.45) is 12.2 Å². The lowest BCUT2D eigenvalue weighted by Gasteiger charge is -2.49. The Morgan fingerprint density at radius 1 is 1.42 bits per heavy atom. The zero-order chi connectivity index (χ0) is 27.4. The van der Waals surface area contributed by atoms with Crippen LogP contribution >= 0.6 is 23.1 Å². The van der Waals surface area contributed by atoms with E-state index in [1.165, 1.54) is 36.4 Å². The highest BCUT2D eigenvalue weighted by molar-refractivity contribution is 8.03. The number of carboxylic acids is 1. The largest absolute Gasteiger partial charge is 0.477 e. The molecule has 13 nitrogen and oxygen atoms in total. The van der Waals surface area contributed by atoms with E-state index in [1.807, 2.05) is 0 Å². The number of carbonyl (C=O) groups is 4. The molecule has 2 atom stereocenters.